The quantitative estimate of drug-likeness (QED) is 0.782. The fraction of sp³-hybridized carbons (Fsp3) is 0.667. The number of carbonyl (C=O) groups is 1. The maximum atomic E-state index is 10.4. The monoisotopic (exact) mass is 211 g/mol. The average molecular weight is 211 g/mol. The van der Waals surface area contributed by atoms with Crippen molar-refractivity contribution in [2.24, 2.45) is 0 Å². The van der Waals surface area contributed by atoms with Crippen LogP contribution in [0.2, 0.25) is 0 Å². The number of nitrogens with zero attached hydrogens (tertiary/aromatic N) is 3. The topological polar surface area (TPSA) is 79.5 Å². The third-order valence-corrected chi connectivity index (χ3v) is 2.60. The molecule has 1 atom stereocenters. The summed E-state index contributed by atoms with van der Waals surface area (Å²) in [6.07, 6.45) is 1.92. The van der Waals surface area contributed by atoms with E-state index in [1.807, 2.05) is 7.05 Å². The molecule has 2 heterocycles. The molecule has 0 bridgehead atoms. The number of hydrogen-bond donors (Lipinski definition) is 1. The van der Waals surface area contributed by atoms with E-state index in [-0.39, 0.29) is 18.3 Å². The van der Waals surface area contributed by atoms with Gasteiger partial charge in [0.1, 0.15) is 6.42 Å². The zero-order valence-electron chi connectivity index (χ0n) is 8.51. The molecule has 0 amide bonds. The minimum absolute atomic E-state index is 0.153. The van der Waals surface area contributed by atoms with Crippen LogP contribution in [0, 0.1) is 0 Å². The fourth-order valence-corrected chi connectivity index (χ4v) is 1.83. The van der Waals surface area contributed by atoms with Crippen LogP contribution in [0.25, 0.3) is 0 Å². The Labute approximate surface area is 86.9 Å². The SMILES string of the molecule is CN1CCCC1c1nc(CC(=O)O)no1. The minimum atomic E-state index is -0.942. The summed E-state index contributed by atoms with van der Waals surface area (Å²) >= 11 is 0. The van der Waals surface area contributed by atoms with E-state index >= 15 is 0 Å². The molecule has 0 saturated carbocycles. The Morgan fingerprint density at radius 3 is 3.13 bits per heavy atom. The molecule has 1 saturated heterocycles. The third-order valence-electron chi connectivity index (χ3n) is 2.60. The van der Waals surface area contributed by atoms with Crippen molar-refractivity contribution in [2.45, 2.75) is 25.3 Å². The summed E-state index contributed by atoms with van der Waals surface area (Å²) in [7, 11) is 2.00. The summed E-state index contributed by atoms with van der Waals surface area (Å²) in [6.45, 7) is 1.02. The standard InChI is InChI=1S/C9H13N3O3/c1-12-4-2-3-6(12)9-10-7(11-15-9)5-8(13)14/h6H,2-5H2,1H3,(H,13,14). The van der Waals surface area contributed by atoms with Crippen molar-refractivity contribution in [3.63, 3.8) is 0 Å². The average Bonchev–Trinajstić information content (AvgIpc) is 2.72. The molecular formula is C9H13N3O3. The number of rotatable bonds is 3. The van der Waals surface area contributed by atoms with Crippen LogP contribution in [0.3, 0.4) is 0 Å². The lowest BCUT2D eigenvalue weighted by Gasteiger charge is -2.14. The normalized spacial score (nSPS) is 22.1. The number of carboxylic acid groups (broad SMARTS) is 1. The molecule has 0 radical (unpaired) electrons. The van der Waals surface area contributed by atoms with Gasteiger partial charge in [-0.3, -0.25) is 9.69 Å². The number of carboxylic acids is 1. The van der Waals surface area contributed by atoms with E-state index in [4.69, 9.17) is 9.63 Å². The third kappa shape index (κ3) is 2.15. The molecule has 1 N–H and O–H groups in total. The molecule has 15 heavy (non-hydrogen) atoms. The highest BCUT2D eigenvalue weighted by atomic mass is 16.5. The van der Waals surface area contributed by atoms with E-state index in [1.165, 1.54) is 0 Å². The van der Waals surface area contributed by atoms with Crippen LogP contribution in [-0.4, -0.2) is 39.7 Å². The minimum Gasteiger partial charge on any atom is -0.481 e. The van der Waals surface area contributed by atoms with Gasteiger partial charge in [-0.15, -0.1) is 0 Å². The second-order valence-electron chi connectivity index (χ2n) is 3.76. The van der Waals surface area contributed by atoms with Crippen LogP contribution >= 0.6 is 0 Å². The van der Waals surface area contributed by atoms with Gasteiger partial charge < -0.3 is 9.63 Å². The van der Waals surface area contributed by atoms with E-state index < -0.39 is 5.97 Å². The van der Waals surface area contributed by atoms with E-state index in [0.717, 1.165) is 19.4 Å². The Bertz CT molecular complexity index is 363. The first-order valence-electron chi connectivity index (χ1n) is 4.91. The Balaban J connectivity index is 2.09. The van der Waals surface area contributed by atoms with Crippen LogP contribution in [0.4, 0.5) is 0 Å². The summed E-state index contributed by atoms with van der Waals surface area (Å²) in [5.41, 5.74) is 0. The molecule has 1 aromatic heterocycles. The van der Waals surface area contributed by atoms with Gasteiger partial charge in [0.25, 0.3) is 0 Å². The van der Waals surface area contributed by atoms with Crippen molar-refractivity contribution in [2.75, 3.05) is 13.6 Å². The van der Waals surface area contributed by atoms with Crippen molar-refractivity contribution in [3.05, 3.63) is 11.7 Å². The van der Waals surface area contributed by atoms with E-state index in [9.17, 15) is 4.79 Å². The largest absolute Gasteiger partial charge is 0.481 e. The maximum absolute atomic E-state index is 10.4. The summed E-state index contributed by atoms with van der Waals surface area (Å²) in [5, 5.41) is 12.2. The first-order valence-corrected chi connectivity index (χ1v) is 4.91. The van der Waals surface area contributed by atoms with Gasteiger partial charge in [0.15, 0.2) is 5.82 Å². The second kappa shape index (κ2) is 3.98. The smallest absolute Gasteiger partial charge is 0.311 e. The van der Waals surface area contributed by atoms with Gasteiger partial charge in [-0.25, -0.2) is 0 Å². The maximum Gasteiger partial charge on any atom is 0.311 e. The Morgan fingerprint density at radius 2 is 2.53 bits per heavy atom. The lowest BCUT2D eigenvalue weighted by Crippen LogP contribution is -2.17. The van der Waals surface area contributed by atoms with Crippen LogP contribution in [0.1, 0.15) is 30.6 Å². The zero-order chi connectivity index (χ0) is 10.8. The molecule has 82 valence electrons. The molecule has 1 aromatic rings. The molecule has 6 heteroatoms. The fourth-order valence-electron chi connectivity index (χ4n) is 1.83. The van der Waals surface area contributed by atoms with E-state index in [0.29, 0.717) is 5.89 Å². The van der Waals surface area contributed by atoms with Crippen molar-refractivity contribution in [3.8, 4) is 0 Å². The molecule has 1 fully saturated rings. The number of aliphatic carboxylic acids is 1. The van der Waals surface area contributed by atoms with Gasteiger partial charge in [-0.2, -0.15) is 4.98 Å². The Kier molecular flexibility index (Phi) is 2.68. The Morgan fingerprint density at radius 1 is 1.73 bits per heavy atom. The van der Waals surface area contributed by atoms with Crippen molar-refractivity contribution in [1.82, 2.24) is 15.0 Å². The number of likely N-dealkylation sites (tertiary alicyclic amines) is 1. The van der Waals surface area contributed by atoms with Gasteiger partial charge in [0.2, 0.25) is 5.89 Å². The van der Waals surface area contributed by atoms with Crippen molar-refractivity contribution < 1.29 is 14.4 Å². The molecule has 1 unspecified atom stereocenters. The van der Waals surface area contributed by atoms with Crippen LogP contribution < -0.4 is 0 Å². The summed E-state index contributed by atoms with van der Waals surface area (Å²) in [4.78, 5) is 16.7. The summed E-state index contributed by atoms with van der Waals surface area (Å²) < 4.78 is 5.05. The predicted molar refractivity (Wildman–Crippen MR) is 50.2 cm³/mol. The lowest BCUT2D eigenvalue weighted by atomic mass is 10.2. The molecule has 6 nitrogen and oxygen atoms in total. The highest BCUT2D eigenvalue weighted by molar-refractivity contribution is 5.68. The lowest BCUT2D eigenvalue weighted by molar-refractivity contribution is -0.136. The van der Waals surface area contributed by atoms with Gasteiger partial charge in [0, 0.05) is 0 Å². The molecule has 0 aromatic carbocycles. The highest BCUT2D eigenvalue weighted by Crippen LogP contribution is 2.28. The first kappa shape index (κ1) is 10.1. The zero-order valence-corrected chi connectivity index (χ0v) is 8.51. The summed E-state index contributed by atoms with van der Waals surface area (Å²) in [5.74, 6) is -0.161. The molecule has 1 aliphatic rings. The first-order chi connectivity index (χ1) is 7.16. The van der Waals surface area contributed by atoms with Crippen LogP contribution in [-0.2, 0) is 11.2 Å². The summed E-state index contributed by atoms with van der Waals surface area (Å²) in [6, 6.07) is 0.153. The van der Waals surface area contributed by atoms with Crippen LogP contribution in [0.5, 0.6) is 0 Å². The van der Waals surface area contributed by atoms with Crippen molar-refractivity contribution in [1.29, 1.82) is 0 Å². The predicted octanol–water partition coefficient (Wildman–Crippen LogP) is 0.463. The van der Waals surface area contributed by atoms with Gasteiger partial charge in [-0.1, -0.05) is 5.16 Å². The highest BCUT2D eigenvalue weighted by Gasteiger charge is 2.27. The van der Waals surface area contributed by atoms with Gasteiger partial charge >= 0.3 is 5.97 Å². The van der Waals surface area contributed by atoms with E-state index in [2.05, 4.69) is 15.0 Å². The molecule has 1 aliphatic heterocycles. The molecule has 2 rings (SSSR count). The number of hydrogen-bond acceptors (Lipinski definition) is 5. The molecular weight excluding hydrogens is 198 g/mol. The molecule has 0 aliphatic carbocycles. The van der Waals surface area contributed by atoms with E-state index in [1.54, 1.807) is 0 Å². The second-order valence-corrected chi connectivity index (χ2v) is 3.76. The van der Waals surface area contributed by atoms with Crippen molar-refractivity contribution >= 4 is 5.97 Å². The molecule has 0 spiro atoms. The Hall–Kier alpha value is -1.43. The van der Waals surface area contributed by atoms with Gasteiger partial charge in [-0.05, 0) is 26.4 Å². The van der Waals surface area contributed by atoms with Crippen LogP contribution in [0.15, 0.2) is 4.52 Å². The van der Waals surface area contributed by atoms with Gasteiger partial charge in [0.05, 0.1) is 6.04 Å². The number of aromatic nitrogens is 2.